The van der Waals surface area contributed by atoms with Crippen molar-refractivity contribution in [1.29, 1.82) is 0 Å². The number of hydrogen-bond acceptors (Lipinski definition) is 3. The van der Waals surface area contributed by atoms with Crippen LogP contribution in [0.15, 0.2) is 54.6 Å². The fraction of sp³-hybridized carbons (Fsp3) is 0.435. The molecule has 150 valence electrons. The number of anilines is 1. The fourth-order valence-electron chi connectivity index (χ4n) is 3.65. The van der Waals surface area contributed by atoms with Crippen LogP contribution in [0.1, 0.15) is 25.8 Å². The lowest BCUT2D eigenvalue weighted by atomic mass is 10.1. The van der Waals surface area contributed by atoms with E-state index in [9.17, 15) is 9.18 Å². The molecule has 0 saturated carbocycles. The summed E-state index contributed by atoms with van der Waals surface area (Å²) < 4.78 is 13.1. The maximum absolute atomic E-state index is 13.1. The van der Waals surface area contributed by atoms with E-state index in [2.05, 4.69) is 34.2 Å². The second kappa shape index (κ2) is 9.69. The average Bonchev–Trinajstić information content (AvgIpc) is 2.73. The highest BCUT2D eigenvalue weighted by Crippen LogP contribution is 2.18. The van der Waals surface area contributed by atoms with Crippen molar-refractivity contribution < 1.29 is 9.18 Å². The second-order valence-corrected chi connectivity index (χ2v) is 7.61. The number of benzene rings is 2. The van der Waals surface area contributed by atoms with Crippen LogP contribution in [0, 0.1) is 5.82 Å². The van der Waals surface area contributed by atoms with Gasteiger partial charge in [-0.2, -0.15) is 0 Å². The van der Waals surface area contributed by atoms with Gasteiger partial charge < -0.3 is 10.2 Å². The van der Waals surface area contributed by atoms with Crippen molar-refractivity contribution >= 4 is 11.6 Å². The van der Waals surface area contributed by atoms with Crippen molar-refractivity contribution in [2.24, 2.45) is 0 Å². The molecule has 0 spiro atoms. The van der Waals surface area contributed by atoms with Crippen LogP contribution in [0.4, 0.5) is 10.1 Å². The lowest BCUT2D eigenvalue weighted by molar-refractivity contribution is -0.126. The van der Waals surface area contributed by atoms with Gasteiger partial charge in [0.25, 0.3) is 0 Å². The Labute approximate surface area is 167 Å². The van der Waals surface area contributed by atoms with Crippen LogP contribution < -0.4 is 10.2 Å². The minimum Gasteiger partial charge on any atom is -0.369 e. The van der Waals surface area contributed by atoms with Crippen LogP contribution in [-0.2, 0) is 11.2 Å². The van der Waals surface area contributed by atoms with Gasteiger partial charge in [0.15, 0.2) is 0 Å². The first-order valence-corrected chi connectivity index (χ1v) is 10.1. The third-order valence-electron chi connectivity index (χ3n) is 5.53. The molecule has 1 aliphatic rings. The smallest absolute Gasteiger partial charge is 0.237 e. The Morgan fingerprint density at radius 2 is 1.64 bits per heavy atom. The summed E-state index contributed by atoms with van der Waals surface area (Å²) in [6.45, 7) is 7.38. The minimum atomic E-state index is -0.214. The number of carbonyl (C=O) groups excluding carboxylic acids is 1. The number of nitrogens with one attached hydrogen (secondary N) is 1. The quantitative estimate of drug-likeness (QED) is 0.795. The first kappa shape index (κ1) is 20.3. The van der Waals surface area contributed by atoms with Gasteiger partial charge in [0.05, 0.1) is 6.04 Å². The van der Waals surface area contributed by atoms with Gasteiger partial charge >= 0.3 is 0 Å². The molecule has 2 aromatic rings. The number of piperazine rings is 1. The van der Waals surface area contributed by atoms with Crippen LogP contribution in [-0.4, -0.2) is 49.1 Å². The van der Waals surface area contributed by atoms with E-state index in [0.717, 1.165) is 44.7 Å². The number of amides is 1. The van der Waals surface area contributed by atoms with Gasteiger partial charge in [-0.15, -0.1) is 0 Å². The Kier molecular flexibility index (Phi) is 7.04. The predicted octanol–water partition coefficient (Wildman–Crippen LogP) is 3.47. The van der Waals surface area contributed by atoms with E-state index < -0.39 is 0 Å². The number of hydrogen-bond donors (Lipinski definition) is 1. The lowest BCUT2D eigenvalue weighted by Gasteiger charge is -2.38. The third kappa shape index (κ3) is 5.55. The second-order valence-electron chi connectivity index (χ2n) is 7.61. The van der Waals surface area contributed by atoms with Gasteiger partial charge in [-0.3, -0.25) is 9.69 Å². The topological polar surface area (TPSA) is 35.6 Å². The molecule has 0 aliphatic carbocycles. The maximum atomic E-state index is 13.1. The van der Waals surface area contributed by atoms with E-state index in [4.69, 9.17) is 0 Å². The molecule has 1 N–H and O–H groups in total. The molecule has 2 atom stereocenters. The van der Waals surface area contributed by atoms with Crippen LogP contribution in [0.3, 0.4) is 0 Å². The summed E-state index contributed by atoms with van der Waals surface area (Å²) in [4.78, 5) is 17.1. The van der Waals surface area contributed by atoms with E-state index in [1.54, 1.807) is 0 Å². The number of rotatable bonds is 7. The van der Waals surface area contributed by atoms with E-state index in [1.165, 1.54) is 17.7 Å². The van der Waals surface area contributed by atoms with Gasteiger partial charge in [-0.1, -0.05) is 30.3 Å². The SMILES string of the molecule is CC(CCc1ccccc1)NC(=O)C(C)N1CCN(c2ccc(F)cc2)CC1. The van der Waals surface area contributed by atoms with Gasteiger partial charge in [0.2, 0.25) is 5.91 Å². The summed E-state index contributed by atoms with van der Waals surface area (Å²) >= 11 is 0. The highest BCUT2D eigenvalue weighted by Gasteiger charge is 2.26. The Hall–Kier alpha value is -2.40. The third-order valence-corrected chi connectivity index (χ3v) is 5.53. The molecule has 1 saturated heterocycles. The molecule has 1 amide bonds. The molecule has 2 aromatic carbocycles. The molecule has 1 aliphatic heterocycles. The summed E-state index contributed by atoms with van der Waals surface area (Å²) in [5.74, 6) is -0.121. The molecule has 0 radical (unpaired) electrons. The minimum absolute atomic E-state index is 0.0933. The highest BCUT2D eigenvalue weighted by atomic mass is 19.1. The van der Waals surface area contributed by atoms with Crippen LogP contribution in [0.2, 0.25) is 0 Å². The Morgan fingerprint density at radius 3 is 2.29 bits per heavy atom. The van der Waals surface area contributed by atoms with Crippen molar-refractivity contribution in [3.8, 4) is 0 Å². The maximum Gasteiger partial charge on any atom is 0.237 e. The highest BCUT2D eigenvalue weighted by molar-refractivity contribution is 5.81. The van der Waals surface area contributed by atoms with Crippen LogP contribution >= 0.6 is 0 Å². The molecule has 4 nitrogen and oxygen atoms in total. The molecule has 5 heteroatoms. The summed E-state index contributed by atoms with van der Waals surface area (Å²) in [6, 6.07) is 17.0. The van der Waals surface area contributed by atoms with Crippen molar-refractivity contribution in [2.75, 3.05) is 31.1 Å². The van der Waals surface area contributed by atoms with Gasteiger partial charge in [-0.05, 0) is 56.5 Å². The molecule has 1 heterocycles. The zero-order valence-electron chi connectivity index (χ0n) is 16.8. The molecule has 28 heavy (non-hydrogen) atoms. The summed E-state index contributed by atoms with van der Waals surface area (Å²) in [5, 5.41) is 3.16. The lowest BCUT2D eigenvalue weighted by Crippen LogP contribution is -2.54. The first-order chi connectivity index (χ1) is 13.5. The number of halogens is 1. The van der Waals surface area contributed by atoms with Crippen molar-refractivity contribution in [3.63, 3.8) is 0 Å². The summed E-state index contributed by atoms with van der Waals surface area (Å²) in [7, 11) is 0. The first-order valence-electron chi connectivity index (χ1n) is 10.1. The average molecular weight is 384 g/mol. The van der Waals surface area contributed by atoms with Crippen LogP contribution in [0.5, 0.6) is 0 Å². The van der Waals surface area contributed by atoms with E-state index in [1.807, 2.05) is 37.3 Å². The zero-order chi connectivity index (χ0) is 19.9. The predicted molar refractivity (Wildman–Crippen MR) is 112 cm³/mol. The van der Waals surface area contributed by atoms with Crippen molar-refractivity contribution in [2.45, 2.75) is 38.8 Å². The monoisotopic (exact) mass is 383 g/mol. The largest absolute Gasteiger partial charge is 0.369 e. The van der Waals surface area contributed by atoms with E-state index >= 15 is 0 Å². The molecule has 1 fully saturated rings. The van der Waals surface area contributed by atoms with Gasteiger partial charge in [-0.25, -0.2) is 4.39 Å². The number of nitrogens with zero attached hydrogens (tertiary/aromatic N) is 2. The molecule has 0 bridgehead atoms. The van der Waals surface area contributed by atoms with E-state index in [0.29, 0.717) is 0 Å². The number of aryl methyl sites for hydroxylation is 1. The molecule has 0 aromatic heterocycles. The Balaban J connectivity index is 1.43. The molecule has 2 unspecified atom stereocenters. The summed E-state index contributed by atoms with van der Waals surface area (Å²) in [6.07, 6.45) is 1.90. The van der Waals surface area contributed by atoms with Gasteiger partial charge in [0.1, 0.15) is 5.82 Å². The summed E-state index contributed by atoms with van der Waals surface area (Å²) in [5.41, 5.74) is 2.33. The van der Waals surface area contributed by atoms with E-state index in [-0.39, 0.29) is 23.8 Å². The molecule has 3 rings (SSSR count). The van der Waals surface area contributed by atoms with Crippen molar-refractivity contribution in [1.82, 2.24) is 10.2 Å². The fourth-order valence-corrected chi connectivity index (χ4v) is 3.65. The number of carbonyl (C=O) groups is 1. The van der Waals surface area contributed by atoms with Crippen molar-refractivity contribution in [3.05, 3.63) is 66.0 Å². The zero-order valence-corrected chi connectivity index (χ0v) is 16.8. The Morgan fingerprint density at radius 1 is 1.00 bits per heavy atom. The van der Waals surface area contributed by atoms with Crippen LogP contribution in [0.25, 0.3) is 0 Å². The normalized spacial score (nSPS) is 17.2. The standard InChI is InChI=1S/C23H30FN3O/c1-18(8-9-20-6-4-3-5-7-20)25-23(28)19(2)26-14-16-27(17-15-26)22-12-10-21(24)11-13-22/h3-7,10-13,18-19H,8-9,14-17H2,1-2H3,(H,25,28). The van der Waals surface area contributed by atoms with Gasteiger partial charge in [0, 0.05) is 37.9 Å². The molecular formula is C23H30FN3O. The Bertz CT molecular complexity index is 742. The molecular weight excluding hydrogens is 353 g/mol.